The highest BCUT2D eigenvalue weighted by atomic mass is 14.2. The lowest BCUT2D eigenvalue weighted by atomic mass is 9.87. The third-order valence-corrected chi connectivity index (χ3v) is 9.44. The highest BCUT2D eigenvalue weighted by Gasteiger charge is 2.16. The standard InChI is InChI=1S/C56H34/c1-2-8-35(9-3-1)47-26-20-39-25-31-52-49(28-22-40-24-30-50(47)55(39)56(40)52)46-17-7-15-44(34-46)42-13-5-12-41(32-42)43-14-6-16-45(33-43)48-27-21-38-19-18-36-10-4-11-37-23-29-51(48)54(38)53(36)37/h1-34H/i1D,2D,3D,4D,5D,6D,7D,8D,9D,10D,11D,12D,13D,14D,15D,16D,17D,18D,19D,20D,21D,22D,23D,24D,25D,26D,27D,28D,29D,30D,31D,32D,33D,34D. The van der Waals surface area contributed by atoms with Gasteiger partial charge in [-0.3, -0.25) is 0 Å². The molecule has 0 aliphatic carbocycles. The Morgan fingerprint density at radius 3 is 0.982 bits per heavy atom. The second kappa shape index (κ2) is 12.1. The van der Waals surface area contributed by atoms with Crippen LogP contribution in [0.2, 0.25) is 0 Å². The van der Waals surface area contributed by atoms with Gasteiger partial charge in [-0.1, -0.05) is 187 Å². The molecule has 0 atom stereocenters. The molecule has 258 valence electrons. The maximum Gasteiger partial charge on any atom is 0.0636 e. The van der Waals surface area contributed by atoms with Gasteiger partial charge in [-0.15, -0.1) is 0 Å². The largest absolute Gasteiger partial charge is 0.0636 e. The SMILES string of the molecule is [2H]c1c([2H])c([2H])c(-c2c([2H])c([2H])c3c([2H])c([2H])c4c(-c5c([2H])c([2H])c([2H])c(-c6c([2H])c([2H])c([2H])c(-c7c([2H])c([2H])c([2H])c(-c8c([2H])c([2H])c9c([2H])c([2H])c%10c([2H])c([2H])c([2H])c%11c([2H])c([2H])c8c9c%10%11)c7[2H])c6[2H])c5[2H])c([2H])c([2H])c5c([2H])c([2H])c2c3c54)c([2H])c1[2H]. The lowest BCUT2D eigenvalue weighted by Gasteiger charge is -2.17. The van der Waals surface area contributed by atoms with Crippen molar-refractivity contribution in [2.75, 3.05) is 0 Å². The number of hydrogen-bond donors (Lipinski definition) is 0. The van der Waals surface area contributed by atoms with Crippen molar-refractivity contribution in [3.8, 4) is 55.6 Å². The minimum absolute atomic E-state index is 0.323. The third kappa shape index (κ3) is 4.73. The number of benzene rings is 12. The van der Waals surface area contributed by atoms with E-state index in [0.717, 1.165) is 0 Å². The van der Waals surface area contributed by atoms with E-state index in [-0.39, 0.29) is 10.8 Å². The first-order valence-corrected chi connectivity index (χ1v) is 16.8. The summed E-state index contributed by atoms with van der Waals surface area (Å²) in [5, 5.41) is -6.07. The van der Waals surface area contributed by atoms with E-state index in [9.17, 15) is 28.8 Å². The van der Waals surface area contributed by atoms with E-state index in [1.54, 1.807) is 0 Å². The topological polar surface area (TPSA) is 0 Å². The Balaban J connectivity index is 1.20. The minimum Gasteiger partial charge on any atom is -0.0622 e. The molecule has 0 amide bonds. The third-order valence-electron chi connectivity index (χ3n) is 9.44. The van der Waals surface area contributed by atoms with Crippen molar-refractivity contribution in [1.82, 2.24) is 0 Å². The van der Waals surface area contributed by atoms with Crippen LogP contribution >= 0.6 is 0 Å². The van der Waals surface area contributed by atoms with Crippen LogP contribution in [0.25, 0.3) is 120 Å². The fraction of sp³-hybridized carbons (Fsp3) is 0. The van der Waals surface area contributed by atoms with E-state index in [0.29, 0.717) is 0 Å². The maximum absolute atomic E-state index is 9.89. The highest BCUT2D eigenvalue weighted by molar-refractivity contribution is 6.28. The highest BCUT2D eigenvalue weighted by Crippen LogP contribution is 2.44. The van der Waals surface area contributed by atoms with Gasteiger partial charge in [0.25, 0.3) is 0 Å². The van der Waals surface area contributed by atoms with Gasteiger partial charge in [-0.25, -0.2) is 0 Å². The first kappa shape index (κ1) is 12.6. The Morgan fingerprint density at radius 1 is 0.214 bits per heavy atom. The van der Waals surface area contributed by atoms with Crippen molar-refractivity contribution in [3.05, 3.63) is 205 Å². The lowest BCUT2D eigenvalue weighted by Crippen LogP contribution is -1.90. The summed E-state index contributed by atoms with van der Waals surface area (Å²) in [5.74, 6) is 0. The predicted octanol–water partition coefficient (Wildman–Crippen LogP) is 15.8. The van der Waals surface area contributed by atoms with Gasteiger partial charge in [-0.2, -0.15) is 0 Å². The molecule has 0 nitrogen and oxygen atoms in total. The van der Waals surface area contributed by atoms with Crippen LogP contribution in [0.15, 0.2) is 205 Å². The summed E-state index contributed by atoms with van der Waals surface area (Å²) >= 11 is 0. The van der Waals surface area contributed by atoms with Gasteiger partial charge in [0.2, 0.25) is 0 Å². The summed E-state index contributed by atoms with van der Waals surface area (Å²) in [7, 11) is 0. The van der Waals surface area contributed by atoms with Crippen LogP contribution in [-0.4, -0.2) is 0 Å². The van der Waals surface area contributed by atoms with Gasteiger partial charge in [-0.05, 0) is 138 Å². The van der Waals surface area contributed by atoms with Gasteiger partial charge in [0, 0.05) is 0 Å². The Hall–Kier alpha value is -7.28. The molecule has 12 aromatic carbocycles. The molecule has 0 radical (unpaired) electrons. The molecule has 0 N–H and O–H groups in total. The number of rotatable bonds is 5. The molecule has 12 rings (SSSR count). The zero-order valence-electron chi connectivity index (χ0n) is 62.0. The second-order valence-electron chi connectivity index (χ2n) is 12.5. The molecule has 0 saturated heterocycles. The van der Waals surface area contributed by atoms with Crippen molar-refractivity contribution < 1.29 is 46.6 Å². The quantitative estimate of drug-likeness (QED) is 0.154. The maximum atomic E-state index is 9.89. The smallest absolute Gasteiger partial charge is 0.0622 e. The molecule has 0 bridgehead atoms. The van der Waals surface area contributed by atoms with Crippen molar-refractivity contribution in [2.24, 2.45) is 0 Å². The Kier molecular flexibility index (Phi) is 2.73. The molecule has 0 heteroatoms. The van der Waals surface area contributed by atoms with Crippen molar-refractivity contribution in [2.45, 2.75) is 0 Å². The van der Waals surface area contributed by atoms with Gasteiger partial charge in [0.1, 0.15) is 0 Å². The summed E-state index contributed by atoms with van der Waals surface area (Å²) in [5.41, 5.74) is -8.75. The molecular formula is C56H34. The van der Waals surface area contributed by atoms with Crippen LogP contribution in [0.3, 0.4) is 0 Å². The fourth-order valence-corrected chi connectivity index (χ4v) is 6.97. The Labute approximate surface area is 373 Å². The summed E-state index contributed by atoms with van der Waals surface area (Å²) < 4.78 is 311. The van der Waals surface area contributed by atoms with E-state index in [2.05, 4.69) is 0 Å². The van der Waals surface area contributed by atoms with Crippen LogP contribution in [0.1, 0.15) is 46.6 Å². The molecule has 0 aliphatic heterocycles. The molecule has 0 saturated carbocycles. The average Bonchev–Trinajstić information content (AvgIpc) is 0.690. The van der Waals surface area contributed by atoms with Gasteiger partial charge >= 0.3 is 0 Å². The monoisotopic (exact) mass is 740 g/mol. The van der Waals surface area contributed by atoms with Gasteiger partial charge in [0.15, 0.2) is 0 Å². The van der Waals surface area contributed by atoms with Crippen LogP contribution in [0.5, 0.6) is 0 Å². The van der Waals surface area contributed by atoms with Crippen molar-refractivity contribution >= 4 is 64.6 Å². The first-order valence-electron chi connectivity index (χ1n) is 33.8. The van der Waals surface area contributed by atoms with Crippen LogP contribution < -0.4 is 0 Å². The molecule has 0 unspecified atom stereocenters. The second-order valence-corrected chi connectivity index (χ2v) is 12.5. The minimum atomic E-state index is -1.19. The molecule has 12 aromatic rings. The molecule has 56 heavy (non-hydrogen) atoms. The summed E-state index contributed by atoms with van der Waals surface area (Å²) in [6.07, 6.45) is 0. The zero-order chi connectivity index (χ0) is 66.3. The molecule has 0 heterocycles. The lowest BCUT2D eigenvalue weighted by molar-refractivity contribution is 1.58. The average molecular weight is 741 g/mol. The summed E-state index contributed by atoms with van der Waals surface area (Å²) in [4.78, 5) is 0. The Morgan fingerprint density at radius 2 is 0.518 bits per heavy atom. The van der Waals surface area contributed by atoms with Crippen molar-refractivity contribution in [3.63, 3.8) is 0 Å². The molecule has 0 spiro atoms. The normalized spacial score (nSPS) is 20.4. The van der Waals surface area contributed by atoms with E-state index in [1.165, 1.54) is 0 Å². The van der Waals surface area contributed by atoms with E-state index >= 15 is 0 Å². The Bertz CT molecular complexity index is 5400. The molecular weight excluding hydrogens is 673 g/mol. The fourth-order valence-electron chi connectivity index (χ4n) is 6.97. The predicted molar refractivity (Wildman–Crippen MR) is 241 cm³/mol. The van der Waals surface area contributed by atoms with Crippen LogP contribution in [0.4, 0.5) is 0 Å². The molecule has 0 aliphatic rings. The van der Waals surface area contributed by atoms with E-state index in [4.69, 9.17) is 17.8 Å². The van der Waals surface area contributed by atoms with Gasteiger partial charge < -0.3 is 0 Å². The molecule has 0 aromatic heterocycles. The van der Waals surface area contributed by atoms with E-state index in [1.807, 2.05) is 0 Å². The number of hydrogen-bond acceptors (Lipinski definition) is 0. The van der Waals surface area contributed by atoms with Gasteiger partial charge in [0.05, 0.1) is 46.6 Å². The zero-order valence-corrected chi connectivity index (χ0v) is 28.0. The summed E-state index contributed by atoms with van der Waals surface area (Å²) in [6.45, 7) is 0. The molecule has 0 fully saturated rings. The van der Waals surface area contributed by atoms with E-state index < -0.39 is 315 Å². The summed E-state index contributed by atoms with van der Waals surface area (Å²) in [6, 6.07) is -32.8. The van der Waals surface area contributed by atoms with Crippen LogP contribution in [-0.2, 0) is 0 Å². The van der Waals surface area contributed by atoms with Crippen molar-refractivity contribution in [1.29, 1.82) is 0 Å². The van der Waals surface area contributed by atoms with Crippen LogP contribution in [0, 0.1) is 0 Å². The first-order chi connectivity index (χ1) is 42.0.